The maximum atomic E-state index is 4.23. The molecular formula is C11H10N2S. The van der Waals surface area contributed by atoms with E-state index in [9.17, 15) is 0 Å². The van der Waals surface area contributed by atoms with Gasteiger partial charge in [0.2, 0.25) is 0 Å². The van der Waals surface area contributed by atoms with Crippen LogP contribution in [0.5, 0.6) is 0 Å². The van der Waals surface area contributed by atoms with E-state index in [-0.39, 0.29) is 0 Å². The lowest BCUT2D eigenvalue weighted by Crippen LogP contribution is -1.82. The predicted octanol–water partition coefficient (Wildman–Crippen LogP) is 2.57. The van der Waals surface area contributed by atoms with Crippen LogP contribution in [-0.4, -0.2) is 15.7 Å². The summed E-state index contributed by atoms with van der Waals surface area (Å²) in [4.78, 5) is 8.44. The molecule has 0 fully saturated rings. The summed E-state index contributed by atoms with van der Waals surface area (Å²) in [6, 6.07) is 6.01. The molecule has 0 atom stereocenters. The van der Waals surface area contributed by atoms with Crippen molar-refractivity contribution in [2.45, 2.75) is 0 Å². The fraction of sp³-hybridized carbons (Fsp3) is 0.0909. The summed E-state index contributed by atoms with van der Waals surface area (Å²) in [7, 11) is 0. The molecule has 0 aliphatic heterocycles. The van der Waals surface area contributed by atoms with E-state index in [1.807, 2.05) is 30.4 Å². The van der Waals surface area contributed by atoms with Gasteiger partial charge in [-0.15, -0.1) is 0 Å². The first-order valence-electron chi connectivity index (χ1n) is 4.38. The number of aromatic nitrogens is 2. The van der Waals surface area contributed by atoms with Crippen LogP contribution in [0.4, 0.5) is 0 Å². The smallest absolute Gasteiger partial charge is 0.0892 e. The summed E-state index contributed by atoms with van der Waals surface area (Å²) in [6.45, 7) is 0. The number of rotatable bonds is 2. The van der Waals surface area contributed by atoms with Gasteiger partial charge in [0.15, 0.2) is 0 Å². The van der Waals surface area contributed by atoms with Gasteiger partial charge < -0.3 is 0 Å². The highest BCUT2D eigenvalue weighted by molar-refractivity contribution is 7.80. The Labute approximate surface area is 88.1 Å². The fourth-order valence-corrected chi connectivity index (χ4v) is 1.38. The van der Waals surface area contributed by atoms with Crippen LogP contribution in [0.3, 0.4) is 0 Å². The van der Waals surface area contributed by atoms with Crippen molar-refractivity contribution in [1.82, 2.24) is 9.97 Å². The first-order chi connectivity index (χ1) is 6.90. The first kappa shape index (κ1) is 9.21. The lowest BCUT2D eigenvalue weighted by atomic mass is 10.2. The normalized spacial score (nSPS) is 11.2. The second-order valence-corrected chi connectivity index (χ2v) is 3.25. The number of thiol groups is 1. The molecule has 70 valence electrons. The van der Waals surface area contributed by atoms with Crippen molar-refractivity contribution >= 4 is 29.7 Å². The van der Waals surface area contributed by atoms with Crippen LogP contribution in [0.15, 0.2) is 36.7 Å². The second kappa shape index (κ2) is 4.24. The quantitative estimate of drug-likeness (QED) is 0.757. The van der Waals surface area contributed by atoms with Crippen molar-refractivity contribution < 1.29 is 0 Å². The Hall–Kier alpha value is -1.35. The number of hydrogen-bond acceptors (Lipinski definition) is 3. The molecule has 0 aliphatic rings. The van der Waals surface area contributed by atoms with E-state index in [0.717, 1.165) is 22.3 Å². The van der Waals surface area contributed by atoms with Gasteiger partial charge in [0, 0.05) is 18.1 Å². The van der Waals surface area contributed by atoms with Crippen LogP contribution in [0.1, 0.15) is 5.56 Å². The zero-order chi connectivity index (χ0) is 9.80. The monoisotopic (exact) mass is 202 g/mol. The molecule has 1 aromatic carbocycles. The SMILES string of the molecule is SCC=Cc1ccc2nccnc2c1. The van der Waals surface area contributed by atoms with Gasteiger partial charge in [-0.25, -0.2) is 0 Å². The summed E-state index contributed by atoms with van der Waals surface area (Å²) in [6.07, 6.45) is 7.43. The molecule has 0 unspecified atom stereocenters. The summed E-state index contributed by atoms with van der Waals surface area (Å²) in [5, 5.41) is 0. The number of fused-ring (bicyclic) bond motifs is 1. The summed E-state index contributed by atoms with van der Waals surface area (Å²) in [5.74, 6) is 0.749. The molecule has 0 saturated carbocycles. The lowest BCUT2D eigenvalue weighted by Gasteiger charge is -1.96. The van der Waals surface area contributed by atoms with Gasteiger partial charge in [0.05, 0.1) is 11.0 Å². The Morgan fingerprint density at radius 2 is 1.93 bits per heavy atom. The Kier molecular flexibility index (Phi) is 2.79. The topological polar surface area (TPSA) is 25.8 Å². The highest BCUT2D eigenvalue weighted by Crippen LogP contribution is 2.11. The van der Waals surface area contributed by atoms with E-state index < -0.39 is 0 Å². The Morgan fingerprint density at radius 3 is 2.71 bits per heavy atom. The molecule has 2 aromatic rings. The minimum absolute atomic E-state index is 0.749. The number of benzene rings is 1. The van der Waals surface area contributed by atoms with Crippen LogP contribution in [0.25, 0.3) is 17.1 Å². The van der Waals surface area contributed by atoms with E-state index in [1.165, 1.54) is 0 Å². The fourth-order valence-electron chi connectivity index (χ4n) is 1.27. The average Bonchev–Trinajstić information content (AvgIpc) is 2.26. The molecule has 14 heavy (non-hydrogen) atoms. The van der Waals surface area contributed by atoms with E-state index in [1.54, 1.807) is 12.4 Å². The van der Waals surface area contributed by atoms with Crippen LogP contribution in [0, 0.1) is 0 Å². The highest BCUT2D eigenvalue weighted by Gasteiger charge is 1.94. The molecule has 0 bridgehead atoms. The van der Waals surface area contributed by atoms with Gasteiger partial charge in [0.1, 0.15) is 0 Å². The van der Waals surface area contributed by atoms with Crippen LogP contribution < -0.4 is 0 Å². The summed E-state index contributed by atoms with van der Waals surface area (Å²) in [5.41, 5.74) is 2.98. The summed E-state index contributed by atoms with van der Waals surface area (Å²) >= 11 is 4.11. The molecular weight excluding hydrogens is 192 g/mol. The average molecular weight is 202 g/mol. The van der Waals surface area contributed by atoms with Crippen LogP contribution >= 0.6 is 12.6 Å². The van der Waals surface area contributed by atoms with Crippen molar-refractivity contribution in [3.63, 3.8) is 0 Å². The maximum absolute atomic E-state index is 4.23. The zero-order valence-electron chi connectivity index (χ0n) is 7.59. The van der Waals surface area contributed by atoms with Crippen molar-refractivity contribution in [3.8, 4) is 0 Å². The molecule has 2 rings (SSSR count). The lowest BCUT2D eigenvalue weighted by molar-refractivity contribution is 1.29. The molecule has 0 aliphatic carbocycles. The molecule has 0 amide bonds. The van der Waals surface area contributed by atoms with Crippen LogP contribution in [-0.2, 0) is 0 Å². The van der Waals surface area contributed by atoms with Gasteiger partial charge in [-0.2, -0.15) is 12.6 Å². The van der Waals surface area contributed by atoms with Gasteiger partial charge in [0.25, 0.3) is 0 Å². The molecule has 1 aromatic heterocycles. The molecule has 0 N–H and O–H groups in total. The molecule has 2 nitrogen and oxygen atoms in total. The molecule has 0 radical (unpaired) electrons. The minimum Gasteiger partial charge on any atom is -0.253 e. The molecule has 0 saturated heterocycles. The van der Waals surface area contributed by atoms with Gasteiger partial charge in [-0.1, -0.05) is 18.2 Å². The standard InChI is InChI=1S/C11H10N2S/c14-7-1-2-9-3-4-10-11(8-9)13-6-5-12-10/h1-6,8,14H,7H2. The number of hydrogen-bond donors (Lipinski definition) is 1. The molecule has 0 spiro atoms. The zero-order valence-corrected chi connectivity index (χ0v) is 8.48. The minimum atomic E-state index is 0.749. The van der Waals surface area contributed by atoms with Crippen molar-refractivity contribution in [2.24, 2.45) is 0 Å². The van der Waals surface area contributed by atoms with Crippen LogP contribution in [0.2, 0.25) is 0 Å². The largest absolute Gasteiger partial charge is 0.253 e. The summed E-state index contributed by atoms with van der Waals surface area (Å²) < 4.78 is 0. The first-order valence-corrected chi connectivity index (χ1v) is 5.01. The third kappa shape index (κ3) is 1.93. The van der Waals surface area contributed by atoms with E-state index in [2.05, 4.69) is 22.6 Å². The Balaban J connectivity index is 2.46. The van der Waals surface area contributed by atoms with Gasteiger partial charge in [-0.3, -0.25) is 9.97 Å². The second-order valence-electron chi connectivity index (χ2n) is 2.89. The van der Waals surface area contributed by atoms with E-state index >= 15 is 0 Å². The highest BCUT2D eigenvalue weighted by atomic mass is 32.1. The van der Waals surface area contributed by atoms with E-state index in [4.69, 9.17) is 0 Å². The molecule has 3 heteroatoms. The maximum Gasteiger partial charge on any atom is 0.0892 e. The number of nitrogens with zero attached hydrogens (tertiary/aromatic N) is 2. The van der Waals surface area contributed by atoms with Gasteiger partial charge in [-0.05, 0) is 17.7 Å². The van der Waals surface area contributed by atoms with E-state index in [0.29, 0.717) is 0 Å². The third-order valence-electron chi connectivity index (χ3n) is 1.91. The van der Waals surface area contributed by atoms with Crippen molar-refractivity contribution in [3.05, 3.63) is 42.2 Å². The third-order valence-corrected chi connectivity index (χ3v) is 2.12. The molecule has 1 heterocycles. The van der Waals surface area contributed by atoms with Crippen molar-refractivity contribution in [1.29, 1.82) is 0 Å². The van der Waals surface area contributed by atoms with Gasteiger partial charge >= 0.3 is 0 Å². The Bertz CT molecular complexity index is 466. The van der Waals surface area contributed by atoms with Crippen molar-refractivity contribution in [2.75, 3.05) is 5.75 Å². The predicted molar refractivity (Wildman–Crippen MR) is 62.4 cm³/mol. The Morgan fingerprint density at radius 1 is 1.14 bits per heavy atom.